The van der Waals surface area contributed by atoms with Gasteiger partial charge < -0.3 is 10.5 Å². The lowest BCUT2D eigenvalue weighted by Crippen LogP contribution is -2.37. The van der Waals surface area contributed by atoms with Crippen LogP contribution in [0.5, 0.6) is 0 Å². The maximum Gasteiger partial charge on any atom is 0.307 e. The number of nitrogens with two attached hydrogens (primary N) is 1. The molecule has 0 bridgehead atoms. The molecule has 82 valence electrons. The third-order valence-electron chi connectivity index (χ3n) is 2.68. The van der Waals surface area contributed by atoms with Crippen LogP contribution in [0.3, 0.4) is 0 Å². The summed E-state index contributed by atoms with van der Waals surface area (Å²) in [6.07, 6.45) is 2.74. The van der Waals surface area contributed by atoms with Gasteiger partial charge in [0.2, 0.25) is 0 Å². The quantitative estimate of drug-likeness (QED) is 0.701. The van der Waals surface area contributed by atoms with Crippen molar-refractivity contribution < 1.29 is 9.53 Å². The number of esters is 1. The monoisotopic (exact) mass is 199 g/mol. The molecule has 2 N–H and O–H groups in total. The first-order valence-electron chi connectivity index (χ1n) is 5.31. The minimum absolute atomic E-state index is 0.0292. The maximum atomic E-state index is 11.3. The van der Waals surface area contributed by atoms with Crippen LogP contribution in [0.2, 0.25) is 0 Å². The molecule has 1 aliphatic rings. The minimum atomic E-state index is -0.153. The number of carbonyl (C=O) groups excluding carboxylic acids is 1. The molecular formula is C11H21NO2. The molecule has 1 atom stereocenters. The topological polar surface area (TPSA) is 52.3 Å². The van der Waals surface area contributed by atoms with Gasteiger partial charge in [0.25, 0.3) is 0 Å². The van der Waals surface area contributed by atoms with Crippen LogP contribution in [0.1, 0.15) is 40.0 Å². The molecule has 0 radical (unpaired) electrons. The fourth-order valence-corrected chi connectivity index (χ4v) is 1.04. The Kier molecular flexibility index (Phi) is 3.53. The Morgan fingerprint density at radius 1 is 1.50 bits per heavy atom. The van der Waals surface area contributed by atoms with E-state index in [0.29, 0.717) is 18.9 Å². The summed E-state index contributed by atoms with van der Waals surface area (Å²) in [7, 11) is 0. The Morgan fingerprint density at radius 3 is 2.50 bits per heavy atom. The van der Waals surface area contributed by atoms with Gasteiger partial charge in [0.1, 0.15) is 0 Å². The van der Waals surface area contributed by atoms with Crippen molar-refractivity contribution in [3.05, 3.63) is 0 Å². The zero-order valence-corrected chi connectivity index (χ0v) is 9.38. The molecule has 3 nitrogen and oxygen atoms in total. The zero-order valence-electron chi connectivity index (χ0n) is 9.38. The van der Waals surface area contributed by atoms with E-state index >= 15 is 0 Å². The number of hydrogen-bond donors (Lipinski definition) is 1. The van der Waals surface area contributed by atoms with Gasteiger partial charge in [0, 0.05) is 6.04 Å². The SMILES string of the molecule is CC(C)(C)C(N)CC(=O)OCC1CC1. The van der Waals surface area contributed by atoms with Crippen molar-refractivity contribution in [2.45, 2.75) is 46.1 Å². The second-order valence-electron chi connectivity index (χ2n) is 5.30. The van der Waals surface area contributed by atoms with Crippen molar-refractivity contribution >= 4 is 5.97 Å². The van der Waals surface area contributed by atoms with Gasteiger partial charge in [-0.25, -0.2) is 0 Å². The normalized spacial score (nSPS) is 19.1. The maximum absolute atomic E-state index is 11.3. The highest BCUT2D eigenvalue weighted by Gasteiger charge is 2.26. The van der Waals surface area contributed by atoms with Crippen LogP contribution in [0, 0.1) is 11.3 Å². The lowest BCUT2D eigenvalue weighted by Gasteiger charge is -2.26. The average molecular weight is 199 g/mol. The summed E-state index contributed by atoms with van der Waals surface area (Å²) in [5.74, 6) is 0.476. The predicted molar refractivity (Wildman–Crippen MR) is 55.7 cm³/mol. The molecule has 1 unspecified atom stereocenters. The predicted octanol–water partition coefficient (Wildman–Crippen LogP) is 1.70. The first kappa shape index (κ1) is 11.5. The Bertz CT molecular complexity index is 204. The van der Waals surface area contributed by atoms with Crippen LogP contribution in [0.15, 0.2) is 0 Å². The van der Waals surface area contributed by atoms with Crippen molar-refractivity contribution in [1.82, 2.24) is 0 Å². The summed E-state index contributed by atoms with van der Waals surface area (Å²) >= 11 is 0. The van der Waals surface area contributed by atoms with Crippen LogP contribution in [-0.2, 0) is 9.53 Å². The molecule has 1 aliphatic carbocycles. The van der Waals surface area contributed by atoms with Crippen LogP contribution in [0.4, 0.5) is 0 Å². The first-order chi connectivity index (χ1) is 6.39. The summed E-state index contributed by atoms with van der Waals surface area (Å²) in [5, 5.41) is 0. The molecule has 3 heteroatoms. The van der Waals surface area contributed by atoms with Gasteiger partial charge in [0.15, 0.2) is 0 Å². The molecule has 0 heterocycles. The third-order valence-corrected chi connectivity index (χ3v) is 2.68. The third kappa shape index (κ3) is 4.09. The standard InChI is InChI=1S/C11H21NO2/c1-11(2,3)9(12)6-10(13)14-7-8-4-5-8/h8-9H,4-7,12H2,1-3H3. The van der Waals surface area contributed by atoms with E-state index in [1.165, 1.54) is 12.8 Å². The molecule has 0 aromatic rings. The number of carbonyl (C=O) groups is 1. The van der Waals surface area contributed by atoms with E-state index in [1.54, 1.807) is 0 Å². The Balaban J connectivity index is 2.18. The van der Waals surface area contributed by atoms with Crippen molar-refractivity contribution in [2.24, 2.45) is 17.1 Å². The van der Waals surface area contributed by atoms with Gasteiger partial charge in [-0.3, -0.25) is 4.79 Å². The summed E-state index contributed by atoms with van der Waals surface area (Å²) < 4.78 is 5.11. The Labute approximate surface area is 86.0 Å². The second-order valence-corrected chi connectivity index (χ2v) is 5.30. The zero-order chi connectivity index (χ0) is 10.8. The first-order valence-corrected chi connectivity index (χ1v) is 5.31. The minimum Gasteiger partial charge on any atom is -0.465 e. The van der Waals surface area contributed by atoms with Gasteiger partial charge >= 0.3 is 5.97 Å². The summed E-state index contributed by atoms with van der Waals surface area (Å²) in [4.78, 5) is 11.3. The van der Waals surface area contributed by atoms with Crippen LogP contribution < -0.4 is 5.73 Å². The highest BCUT2D eigenvalue weighted by molar-refractivity contribution is 5.70. The lowest BCUT2D eigenvalue weighted by atomic mass is 9.85. The van der Waals surface area contributed by atoms with Gasteiger partial charge in [-0.1, -0.05) is 20.8 Å². The highest BCUT2D eigenvalue weighted by atomic mass is 16.5. The molecule has 0 spiro atoms. The lowest BCUT2D eigenvalue weighted by molar-refractivity contribution is -0.145. The summed E-state index contributed by atoms with van der Waals surface area (Å²) in [6.45, 7) is 6.69. The van der Waals surface area contributed by atoms with E-state index in [9.17, 15) is 4.79 Å². The van der Waals surface area contributed by atoms with E-state index < -0.39 is 0 Å². The van der Waals surface area contributed by atoms with E-state index in [-0.39, 0.29) is 17.4 Å². The Hall–Kier alpha value is -0.570. The van der Waals surface area contributed by atoms with Crippen LogP contribution in [-0.4, -0.2) is 18.6 Å². The largest absolute Gasteiger partial charge is 0.465 e. The van der Waals surface area contributed by atoms with Gasteiger partial charge in [-0.15, -0.1) is 0 Å². The van der Waals surface area contributed by atoms with Gasteiger partial charge in [-0.2, -0.15) is 0 Å². The molecule has 0 aromatic heterocycles. The van der Waals surface area contributed by atoms with Crippen molar-refractivity contribution in [1.29, 1.82) is 0 Å². The van der Waals surface area contributed by atoms with Crippen LogP contribution in [0.25, 0.3) is 0 Å². The smallest absolute Gasteiger partial charge is 0.307 e. The average Bonchev–Trinajstić information content (AvgIpc) is 2.81. The van der Waals surface area contributed by atoms with Crippen molar-refractivity contribution in [2.75, 3.05) is 6.61 Å². The molecular weight excluding hydrogens is 178 g/mol. The molecule has 14 heavy (non-hydrogen) atoms. The van der Waals surface area contributed by atoms with E-state index in [1.807, 2.05) is 20.8 Å². The molecule has 1 saturated carbocycles. The van der Waals surface area contributed by atoms with E-state index in [0.717, 1.165) is 0 Å². The number of rotatable bonds is 4. The van der Waals surface area contributed by atoms with Crippen molar-refractivity contribution in [3.8, 4) is 0 Å². The van der Waals surface area contributed by atoms with E-state index in [2.05, 4.69) is 0 Å². The molecule has 0 aliphatic heterocycles. The summed E-state index contributed by atoms with van der Waals surface area (Å²) in [6, 6.07) is -0.116. The molecule has 0 amide bonds. The molecule has 0 aromatic carbocycles. The molecule has 1 fully saturated rings. The second kappa shape index (κ2) is 4.30. The summed E-state index contributed by atoms with van der Waals surface area (Å²) in [5.41, 5.74) is 5.84. The molecule has 1 rings (SSSR count). The highest BCUT2D eigenvalue weighted by Crippen LogP contribution is 2.29. The Morgan fingerprint density at radius 2 is 2.07 bits per heavy atom. The van der Waals surface area contributed by atoms with Crippen molar-refractivity contribution in [3.63, 3.8) is 0 Å². The number of ether oxygens (including phenoxy) is 1. The number of hydrogen-bond acceptors (Lipinski definition) is 3. The fraction of sp³-hybridized carbons (Fsp3) is 0.909. The van der Waals surface area contributed by atoms with Gasteiger partial charge in [-0.05, 0) is 24.2 Å². The molecule has 0 saturated heterocycles. The fourth-order valence-electron chi connectivity index (χ4n) is 1.04. The van der Waals surface area contributed by atoms with E-state index in [4.69, 9.17) is 10.5 Å². The van der Waals surface area contributed by atoms with Crippen LogP contribution >= 0.6 is 0 Å². The van der Waals surface area contributed by atoms with Gasteiger partial charge in [0.05, 0.1) is 13.0 Å².